The van der Waals surface area contributed by atoms with Gasteiger partial charge in [-0.3, -0.25) is 9.48 Å². The Kier molecular flexibility index (Phi) is 5.16. The van der Waals surface area contributed by atoms with Gasteiger partial charge in [0, 0.05) is 11.6 Å². The van der Waals surface area contributed by atoms with E-state index in [0.717, 1.165) is 17.0 Å². The molecule has 7 heteroatoms. The van der Waals surface area contributed by atoms with E-state index in [9.17, 15) is 4.79 Å². The van der Waals surface area contributed by atoms with Gasteiger partial charge in [-0.15, -0.1) is 0 Å². The molecule has 0 atom stereocenters. The minimum absolute atomic E-state index is 0.261. The molecule has 0 aliphatic heterocycles. The van der Waals surface area contributed by atoms with Gasteiger partial charge in [-0.25, -0.2) is 0 Å². The van der Waals surface area contributed by atoms with Gasteiger partial charge in [0.2, 0.25) is 0 Å². The van der Waals surface area contributed by atoms with Gasteiger partial charge in [0.05, 0.1) is 23.0 Å². The van der Waals surface area contributed by atoms with Crippen LogP contribution >= 0.6 is 23.2 Å². The van der Waals surface area contributed by atoms with E-state index in [0.29, 0.717) is 28.9 Å². The summed E-state index contributed by atoms with van der Waals surface area (Å²) in [5, 5.41) is 8.48. The monoisotopic (exact) mass is 377 g/mol. The maximum atomic E-state index is 12.2. The molecule has 25 heavy (non-hydrogen) atoms. The average Bonchev–Trinajstić information content (AvgIpc) is 3.16. The van der Waals surface area contributed by atoms with Crippen LogP contribution in [0.2, 0.25) is 10.0 Å². The van der Waals surface area contributed by atoms with Crippen molar-refractivity contribution in [3.8, 4) is 0 Å². The lowest BCUT2D eigenvalue weighted by atomic mass is 10.2. The molecule has 0 spiro atoms. The molecule has 1 N–H and O–H groups in total. The van der Waals surface area contributed by atoms with Crippen molar-refractivity contribution in [2.75, 3.05) is 0 Å². The van der Waals surface area contributed by atoms with Crippen molar-refractivity contribution in [3.05, 3.63) is 74.9 Å². The standard InChI is InChI=1S/C18H17Cl2N3O2/c1-11-17(20)12(2)23(22-11)10-15-7-8-16(25-15)18(24)21-9-13-3-5-14(19)6-4-13/h3-8H,9-10H2,1-2H3,(H,21,24). The summed E-state index contributed by atoms with van der Waals surface area (Å²) in [4.78, 5) is 12.2. The van der Waals surface area contributed by atoms with Crippen LogP contribution in [-0.4, -0.2) is 15.7 Å². The number of rotatable bonds is 5. The Morgan fingerprint density at radius 2 is 1.88 bits per heavy atom. The van der Waals surface area contributed by atoms with Crippen molar-refractivity contribution >= 4 is 29.1 Å². The second kappa shape index (κ2) is 7.33. The highest BCUT2D eigenvalue weighted by Gasteiger charge is 2.14. The van der Waals surface area contributed by atoms with Crippen LogP contribution < -0.4 is 5.32 Å². The number of carbonyl (C=O) groups excluding carboxylic acids is 1. The third kappa shape index (κ3) is 4.06. The number of nitrogens with zero attached hydrogens (tertiary/aromatic N) is 2. The lowest BCUT2D eigenvalue weighted by Crippen LogP contribution is -2.22. The zero-order valence-corrected chi connectivity index (χ0v) is 15.4. The molecule has 1 aromatic carbocycles. The molecular formula is C18H17Cl2N3O2. The Labute approximate surface area is 155 Å². The molecule has 3 rings (SSSR count). The predicted molar refractivity (Wildman–Crippen MR) is 97.1 cm³/mol. The number of hydrogen-bond donors (Lipinski definition) is 1. The van der Waals surface area contributed by atoms with Gasteiger partial charge in [-0.2, -0.15) is 5.10 Å². The third-order valence-electron chi connectivity index (χ3n) is 3.85. The minimum atomic E-state index is -0.271. The van der Waals surface area contributed by atoms with Crippen LogP contribution in [0.5, 0.6) is 0 Å². The normalized spacial score (nSPS) is 10.9. The fourth-order valence-electron chi connectivity index (χ4n) is 2.43. The van der Waals surface area contributed by atoms with E-state index >= 15 is 0 Å². The lowest BCUT2D eigenvalue weighted by molar-refractivity contribution is 0.0921. The molecule has 0 unspecified atom stereocenters. The Balaban J connectivity index is 1.63. The zero-order chi connectivity index (χ0) is 18.0. The number of benzene rings is 1. The number of furan rings is 1. The molecule has 0 radical (unpaired) electrons. The fraction of sp³-hybridized carbons (Fsp3) is 0.222. The summed E-state index contributed by atoms with van der Waals surface area (Å²) < 4.78 is 7.38. The quantitative estimate of drug-likeness (QED) is 0.717. The van der Waals surface area contributed by atoms with Gasteiger partial charge in [0.25, 0.3) is 5.91 Å². The van der Waals surface area contributed by atoms with Crippen LogP contribution in [0.4, 0.5) is 0 Å². The summed E-state index contributed by atoms with van der Waals surface area (Å²) >= 11 is 12.0. The number of halogens is 2. The summed E-state index contributed by atoms with van der Waals surface area (Å²) in [6, 6.07) is 10.7. The number of aryl methyl sites for hydroxylation is 1. The first-order valence-corrected chi connectivity index (χ1v) is 8.50. The summed E-state index contributed by atoms with van der Waals surface area (Å²) in [7, 11) is 0. The molecule has 3 aromatic rings. The topological polar surface area (TPSA) is 60.1 Å². The summed E-state index contributed by atoms with van der Waals surface area (Å²) in [5.41, 5.74) is 2.60. The van der Waals surface area contributed by atoms with Gasteiger partial charge in [-0.1, -0.05) is 35.3 Å². The summed E-state index contributed by atoms with van der Waals surface area (Å²) in [6.07, 6.45) is 0. The molecule has 5 nitrogen and oxygen atoms in total. The Morgan fingerprint density at radius 1 is 1.16 bits per heavy atom. The minimum Gasteiger partial charge on any atom is -0.454 e. The smallest absolute Gasteiger partial charge is 0.287 e. The molecule has 0 saturated heterocycles. The van der Waals surface area contributed by atoms with E-state index in [-0.39, 0.29) is 11.7 Å². The molecule has 2 aromatic heterocycles. The molecule has 0 bridgehead atoms. The van der Waals surface area contributed by atoms with Crippen LogP contribution in [0, 0.1) is 13.8 Å². The van der Waals surface area contributed by atoms with E-state index in [1.54, 1.807) is 28.9 Å². The summed E-state index contributed by atoms with van der Waals surface area (Å²) in [6.45, 7) is 4.57. The highest BCUT2D eigenvalue weighted by atomic mass is 35.5. The van der Waals surface area contributed by atoms with Crippen molar-refractivity contribution in [3.63, 3.8) is 0 Å². The van der Waals surface area contributed by atoms with Gasteiger partial charge < -0.3 is 9.73 Å². The predicted octanol–water partition coefficient (Wildman–Crippen LogP) is 4.38. The highest BCUT2D eigenvalue weighted by Crippen LogP contribution is 2.20. The van der Waals surface area contributed by atoms with Crippen LogP contribution in [0.3, 0.4) is 0 Å². The molecule has 1 amide bonds. The number of amides is 1. The van der Waals surface area contributed by atoms with Crippen molar-refractivity contribution in [2.45, 2.75) is 26.9 Å². The number of carbonyl (C=O) groups is 1. The van der Waals surface area contributed by atoms with Gasteiger partial charge >= 0.3 is 0 Å². The van der Waals surface area contributed by atoms with Crippen molar-refractivity contribution in [1.29, 1.82) is 0 Å². The van der Waals surface area contributed by atoms with Crippen LogP contribution in [0.15, 0.2) is 40.8 Å². The molecule has 130 valence electrons. The number of nitrogens with one attached hydrogen (secondary N) is 1. The largest absolute Gasteiger partial charge is 0.454 e. The Hall–Kier alpha value is -2.24. The Bertz CT molecular complexity index is 898. The zero-order valence-electron chi connectivity index (χ0n) is 13.8. The lowest BCUT2D eigenvalue weighted by Gasteiger charge is -2.04. The van der Waals surface area contributed by atoms with Gasteiger partial charge in [-0.05, 0) is 43.7 Å². The van der Waals surface area contributed by atoms with E-state index in [2.05, 4.69) is 10.4 Å². The first kappa shape index (κ1) is 17.6. The number of hydrogen-bond acceptors (Lipinski definition) is 3. The molecular weight excluding hydrogens is 361 g/mol. The van der Waals surface area contributed by atoms with E-state index in [1.165, 1.54) is 0 Å². The van der Waals surface area contributed by atoms with Gasteiger partial charge in [0.15, 0.2) is 5.76 Å². The fourth-order valence-corrected chi connectivity index (χ4v) is 2.69. The van der Waals surface area contributed by atoms with Crippen LogP contribution in [-0.2, 0) is 13.1 Å². The van der Waals surface area contributed by atoms with Crippen molar-refractivity contribution in [2.24, 2.45) is 0 Å². The first-order chi connectivity index (χ1) is 11.9. The molecule has 0 saturated carbocycles. The SMILES string of the molecule is Cc1nn(Cc2ccc(C(=O)NCc3ccc(Cl)cc3)o2)c(C)c1Cl. The third-order valence-corrected chi connectivity index (χ3v) is 4.65. The first-order valence-electron chi connectivity index (χ1n) is 7.75. The van der Waals surface area contributed by atoms with Crippen molar-refractivity contribution < 1.29 is 9.21 Å². The van der Waals surface area contributed by atoms with Crippen LogP contribution in [0.25, 0.3) is 0 Å². The molecule has 2 heterocycles. The average molecular weight is 378 g/mol. The summed E-state index contributed by atoms with van der Waals surface area (Å²) in [5.74, 6) is 0.628. The second-order valence-corrected chi connectivity index (χ2v) is 6.53. The second-order valence-electron chi connectivity index (χ2n) is 5.72. The Morgan fingerprint density at radius 3 is 2.52 bits per heavy atom. The van der Waals surface area contributed by atoms with E-state index in [4.69, 9.17) is 27.6 Å². The van der Waals surface area contributed by atoms with E-state index < -0.39 is 0 Å². The van der Waals surface area contributed by atoms with Gasteiger partial charge in [0.1, 0.15) is 5.76 Å². The molecule has 0 aliphatic rings. The maximum absolute atomic E-state index is 12.2. The maximum Gasteiger partial charge on any atom is 0.287 e. The highest BCUT2D eigenvalue weighted by molar-refractivity contribution is 6.31. The molecule has 0 fully saturated rings. The van der Waals surface area contributed by atoms with E-state index in [1.807, 2.05) is 26.0 Å². The molecule has 0 aliphatic carbocycles. The number of aromatic nitrogens is 2. The van der Waals surface area contributed by atoms with Crippen LogP contribution in [0.1, 0.15) is 33.3 Å². The van der Waals surface area contributed by atoms with Crippen molar-refractivity contribution in [1.82, 2.24) is 15.1 Å².